The topological polar surface area (TPSA) is 54.6 Å². The van der Waals surface area contributed by atoms with Crippen molar-refractivity contribution in [3.05, 3.63) is 24.2 Å². The van der Waals surface area contributed by atoms with Crippen LogP contribution in [0.15, 0.2) is 22.8 Å². The van der Waals surface area contributed by atoms with Crippen LogP contribution in [0.1, 0.15) is 12.2 Å². The molecule has 1 aromatic rings. The zero-order valence-corrected chi connectivity index (χ0v) is 8.69. The van der Waals surface area contributed by atoms with Crippen molar-refractivity contribution in [2.24, 2.45) is 5.92 Å². The van der Waals surface area contributed by atoms with Crippen molar-refractivity contribution >= 4 is 0 Å². The van der Waals surface area contributed by atoms with Crippen molar-refractivity contribution < 1.29 is 14.3 Å². The van der Waals surface area contributed by atoms with Gasteiger partial charge in [0, 0.05) is 19.1 Å². The Balaban J connectivity index is 1.64. The van der Waals surface area contributed by atoms with Gasteiger partial charge in [-0.1, -0.05) is 0 Å². The van der Waals surface area contributed by atoms with Crippen molar-refractivity contribution in [2.75, 3.05) is 19.8 Å². The van der Waals surface area contributed by atoms with Crippen molar-refractivity contribution in [1.82, 2.24) is 5.32 Å². The molecule has 0 bridgehead atoms. The number of furan rings is 1. The minimum Gasteiger partial charge on any atom is -0.468 e. The molecule has 4 nitrogen and oxygen atoms in total. The van der Waals surface area contributed by atoms with Crippen molar-refractivity contribution in [3.63, 3.8) is 0 Å². The van der Waals surface area contributed by atoms with Crippen LogP contribution in [0.5, 0.6) is 0 Å². The van der Waals surface area contributed by atoms with Crippen LogP contribution in [0.25, 0.3) is 0 Å². The van der Waals surface area contributed by atoms with E-state index in [0.717, 1.165) is 18.8 Å². The lowest BCUT2D eigenvalue weighted by Crippen LogP contribution is -2.32. The zero-order chi connectivity index (χ0) is 10.5. The standard InChI is InChI=1S/C11H17NO3/c13-11(9-3-5-14-8-9)7-12-6-10-2-1-4-15-10/h1-2,4,9,11-13H,3,5-8H2. The summed E-state index contributed by atoms with van der Waals surface area (Å²) in [5.74, 6) is 1.18. The molecule has 2 N–H and O–H groups in total. The first-order valence-electron chi connectivity index (χ1n) is 5.35. The van der Waals surface area contributed by atoms with Gasteiger partial charge in [-0.2, -0.15) is 0 Å². The fraction of sp³-hybridized carbons (Fsp3) is 0.636. The summed E-state index contributed by atoms with van der Waals surface area (Å²) in [5.41, 5.74) is 0. The van der Waals surface area contributed by atoms with Gasteiger partial charge in [-0.05, 0) is 18.6 Å². The van der Waals surface area contributed by atoms with Crippen LogP contribution < -0.4 is 5.32 Å². The van der Waals surface area contributed by atoms with Gasteiger partial charge in [0.1, 0.15) is 5.76 Å². The Labute approximate surface area is 89.2 Å². The molecule has 0 aliphatic carbocycles. The molecule has 2 atom stereocenters. The lowest BCUT2D eigenvalue weighted by molar-refractivity contribution is 0.0903. The predicted octanol–water partition coefficient (Wildman–Crippen LogP) is 0.767. The molecule has 2 rings (SSSR count). The molecule has 1 saturated heterocycles. The minimum absolute atomic E-state index is 0.286. The summed E-state index contributed by atoms with van der Waals surface area (Å²) in [6.07, 6.45) is 2.30. The van der Waals surface area contributed by atoms with Crippen LogP contribution in [0.4, 0.5) is 0 Å². The van der Waals surface area contributed by atoms with Gasteiger partial charge in [0.05, 0.1) is 25.5 Å². The third-order valence-corrected chi connectivity index (χ3v) is 2.74. The molecule has 84 valence electrons. The molecule has 0 amide bonds. The smallest absolute Gasteiger partial charge is 0.117 e. The van der Waals surface area contributed by atoms with Gasteiger partial charge in [0.25, 0.3) is 0 Å². The van der Waals surface area contributed by atoms with Crippen molar-refractivity contribution in [3.8, 4) is 0 Å². The van der Waals surface area contributed by atoms with E-state index in [0.29, 0.717) is 19.7 Å². The van der Waals surface area contributed by atoms with E-state index >= 15 is 0 Å². The van der Waals surface area contributed by atoms with E-state index in [1.165, 1.54) is 0 Å². The maximum Gasteiger partial charge on any atom is 0.117 e. The molecule has 0 radical (unpaired) electrons. The Kier molecular flexibility index (Phi) is 3.77. The van der Waals surface area contributed by atoms with Gasteiger partial charge in [0.2, 0.25) is 0 Å². The summed E-state index contributed by atoms with van der Waals surface area (Å²) >= 11 is 0. The van der Waals surface area contributed by atoms with Gasteiger partial charge in [-0.15, -0.1) is 0 Å². The average Bonchev–Trinajstić information content (AvgIpc) is 2.90. The molecule has 4 heteroatoms. The third kappa shape index (κ3) is 3.06. The van der Waals surface area contributed by atoms with E-state index in [4.69, 9.17) is 9.15 Å². The highest BCUT2D eigenvalue weighted by atomic mass is 16.5. The van der Waals surface area contributed by atoms with Crippen molar-refractivity contribution in [2.45, 2.75) is 19.1 Å². The first kappa shape index (κ1) is 10.7. The number of hydrogen-bond donors (Lipinski definition) is 2. The fourth-order valence-electron chi connectivity index (χ4n) is 1.78. The largest absolute Gasteiger partial charge is 0.468 e. The SMILES string of the molecule is OC(CNCc1ccco1)C1CCOC1. The average molecular weight is 211 g/mol. The molecule has 1 aliphatic heterocycles. The molecule has 1 aromatic heterocycles. The highest BCUT2D eigenvalue weighted by Gasteiger charge is 2.23. The van der Waals surface area contributed by atoms with Gasteiger partial charge in [-0.25, -0.2) is 0 Å². The number of aliphatic hydroxyl groups is 1. The predicted molar refractivity (Wildman–Crippen MR) is 55.3 cm³/mol. The summed E-state index contributed by atoms with van der Waals surface area (Å²) in [7, 11) is 0. The monoisotopic (exact) mass is 211 g/mol. The molecule has 0 saturated carbocycles. The van der Waals surface area contributed by atoms with Gasteiger partial charge in [-0.3, -0.25) is 0 Å². The van der Waals surface area contributed by atoms with E-state index in [9.17, 15) is 5.11 Å². The summed E-state index contributed by atoms with van der Waals surface area (Å²) in [6.45, 7) is 2.72. The second-order valence-electron chi connectivity index (χ2n) is 3.90. The maximum absolute atomic E-state index is 9.80. The van der Waals surface area contributed by atoms with Crippen LogP contribution in [-0.4, -0.2) is 31.0 Å². The van der Waals surface area contributed by atoms with Crippen LogP contribution in [0.2, 0.25) is 0 Å². The van der Waals surface area contributed by atoms with E-state index in [-0.39, 0.29) is 12.0 Å². The van der Waals surface area contributed by atoms with Crippen LogP contribution in [0, 0.1) is 5.92 Å². The molecule has 0 aromatic carbocycles. The molecule has 15 heavy (non-hydrogen) atoms. The third-order valence-electron chi connectivity index (χ3n) is 2.74. The first-order valence-corrected chi connectivity index (χ1v) is 5.35. The lowest BCUT2D eigenvalue weighted by Gasteiger charge is -2.16. The van der Waals surface area contributed by atoms with E-state index in [1.807, 2.05) is 12.1 Å². The Morgan fingerprint density at radius 3 is 3.20 bits per heavy atom. The van der Waals surface area contributed by atoms with Gasteiger partial charge in [0.15, 0.2) is 0 Å². The molecule has 0 spiro atoms. The number of aliphatic hydroxyl groups excluding tert-OH is 1. The first-order chi connectivity index (χ1) is 7.36. The Morgan fingerprint density at radius 2 is 2.53 bits per heavy atom. The summed E-state index contributed by atoms with van der Waals surface area (Å²) < 4.78 is 10.4. The molecule has 2 heterocycles. The molecule has 2 unspecified atom stereocenters. The molecular weight excluding hydrogens is 194 g/mol. The molecular formula is C11H17NO3. The summed E-state index contributed by atoms with van der Waals surface area (Å²) in [5, 5.41) is 13.0. The minimum atomic E-state index is -0.317. The fourth-order valence-corrected chi connectivity index (χ4v) is 1.78. The van der Waals surface area contributed by atoms with E-state index in [2.05, 4.69) is 5.32 Å². The highest BCUT2D eigenvalue weighted by molar-refractivity contribution is 4.97. The number of hydrogen-bond acceptors (Lipinski definition) is 4. The molecule has 1 aliphatic rings. The van der Waals surface area contributed by atoms with Crippen LogP contribution in [0.3, 0.4) is 0 Å². The number of rotatable bonds is 5. The highest BCUT2D eigenvalue weighted by Crippen LogP contribution is 2.16. The number of ether oxygens (including phenoxy) is 1. The Morgan fingerprint density at radius 1 is 1.60 bits per heavy atom. The quantitative estimate of drug-likeness (QED) is 0.755. The zero-order valence-electron chi connectivity index (χ0n) is 8.69. The van der Waals surface area contributed by atoms with Gasteiger partial charge >= 0.3 is 0 Å². The Bertz CT molecular complexity index is 267. The summed E-state index contributed by atoms with van der Waals surface area (Å²) in [4.78, 5) is 0. The summed E-state index contributed by atoms with van der Waals surface area (Å²) in [6, 6.07) is 3.77. The van der Waals surface area contributed by atoms with E-state index < -0.39 is 0 Å². The van der Waals surface area contributed by atoms with E-state index in [1.54, 1.807) is 6.26 Å². The number of nitrogens with one attached hydrogen (secondary N) is 1. The lowest BCUT2D eigenvalue weighted by atomic mass is 10.0. The maximum atomic E-state index is 9.80. The Hall–Kier alpha value is -0.840. The van der Waals surface area contributed by atoms with Gasteiger partial charge < -0.3 is 19.6 Å². The van der Waals surface area contributed by atoms with Crippen molar-refractivity contribution in [1.29, 1.82) is 0 Å². The molecule has 1 fully saturated rings. The second-order valence-corrected chi connectivity index (χ2v) is 3.90. The second kappa shape index (κ2) is 5.30. The van der Waals surface area contributed by atoms with Crippen LogP contribution >= 0.6 is 0 Å². The normalized spacial score (nSPS) is 23.1. The van der Waals surface area contributed by atoms with Crippen LogP contribution in [-0.2, 0) is 11.3 Å².